The van der Waals surface area contributed by atoms with E-state index >= 15 is 0 Å². The number of benzene rings is 1. The number of hydrogen-bond acceptors (Lipinski definition) is 6. The van der Waals surface area contributed by atoms with Gasteiger partial charge in [-0.25, -0.2) is 18.4 Å². The molecule has 1 saturated heterocycles. The van der Waals surface area contributed by atoms with E-state index in [0.717, 1.165) is 5.69 Å². The average Bonchev–Trinajstić information content (AvgIpc) is 2.94. The van der Waals surface area contributed by atoms with Crippen molar-refractivity contribution in [2.24, 2.45) is 0 Å². The summed E-state index contributed by atoms with van der Waals surface area (Å²) in [4.78, 5) is 20.6. The van der Waals surface area contributed by atoms with Gasteiger partial charge in [0.2, 0.25) is 0 Å². The van der Waals surface area contributed by atoms with Gasteiger partial charge in [0.25, 0.3) is 5.91 Å². The maximum atomic E-state index is 12.2. The Morgan fingerprint density at radius 3 is 2.58 bits per heavy atom. The highest BCUT2D eigenvalue weighted by molar-refractivity contribution is 7.91. The van der Waals surface area contributed by atoms with Crippen molar-refractivity contribution in [2.45, 2.75) is 32.2 Å². The number of para-hydroxylation sites is 1. The van der Waals surface area contributed by atoms with Gasteiger partial charge >= 0.3 is 0 Å². The first-order valence-electron chi connectivity index (χ1n) is 8.53. The number of nitrogens with zero attached hydrogens (tertiary/aromatic N) is 2. The zero-order chi connectivity index (χ0) is 18.7. The maximum absolute atomic E-state index is 12.2. The fraction of sp³-hybridized carbons (Fsp3) is 0.389. The molecule has 0 aliphatic carbocycles. The molecule has 0 spiro atoms. The minimum atomic E-state index is -3.04. The first-order chi connectivity index (χ1) is 12.3. The van der Waals surface area contributed by atoms with Gasteiger partial charge in [-0.1, -0.05) is 32.0 Å². The number of anilines is 2. The van der Waals surface area contributed by atoms with Gasteiger partial charge in [0.1, 0.15) is 11.5 Å². The lowest BCUT2D eigenvalue weighted by Gasteiger charge is -2.14. The molecule has 8 heteroatoms. The predicted molar refractivity (Wildman–Crippen MR) is 100 cm³/mol. The molecule has 1 aliphatic rings. The molecular weight excluding hydrogens is 352 g/mol. The SMILES string of the molecule is CC(C)c1ccccc1Nc1cnc(C(=O)NC2CCS(=O)(=O)C2)cn1. The number of nitrogens with one attached hydrogen (secondary N) is 2. The lowest BCUT2D eigenvalue weighted by Crippen LogP contribution is -2.36. The van der Waals surface area contributed by atoms with Gasteiger partial charge in [-0.15, -0.1) is 0 Å². The lowest BCUT2D eigenvalue weighted by atomic mass is 10.0. The van der Waals surface area contributed by atoms with Crippen LogP contribution in [0, 0.1) is 0 Å². The number of sulfone groups is 1. The summed E-state index contributed by atoms with van der Waals surface area (Å²) in [7, 11) is -3.04. The topological polar surface area (TPSA) is 101 Å². The molecule has 2 heterocycles. The Labute approximate surface area is 153 Å². The second-order valence-electron chi connectivity index (χ2n) is 6.73. The Morgan fingerprint density at radius 1 is 1.19 bits per heavy atom. The van der Waals surface area contributed by atoms with Gasteiger partial charge in [0, 0.05) is 11.7 Å². The molecule has 1 fully saturated rings. The summed E-state index contributed by atoms with van der Waals surface area (Å²) in [6.45, 7) is 4.23. The minimum Gasteiger partial charge on any atom is -0.347 e. The Bertz CT molecular complexity index is 895. The van der Waals surface area contributed by atoms with E-state index in [-0.39, 0.29) is 23.2 Å². The van der Waals surface area contributed by atoms with Crippen LogP contribution >= 0.6 is 0 Å². The minimum absolute atomic E-state index is 0.0161. The van der Waals surface area contributed by atoms with Crippen LogP contribution in [0.15, 0.2) is 36.7 Å². The quantitative estimate of drug-likeness (QED) is 0.832. The fourth-order valence-corrected chi connectivity index (χ4v) is 4.60. The summed E-state index contributed by atoms with van der Waals surface area (Å²) in [5.74, 6) is 0.589. The number of carbonyl (C=O) groups excluding carboxylic acids is 1. The van der Waals surface area contributed by atoms with Gasteiger partial charge in [-0.3, -0.25) is 4.79 Å². The second kappa shape index (κ2) is 7.41. The van der Waals surface area contributed by atoms with Gasteiger partial charge in [-0.05, 0) is 24.0 Å². The molecule has 2 aromatic rings. The molecule has 7 nitrogen and oxygen atoms in total. The Morgan fingerprint density at radius 2 is 1.96 bits per heavy atom. The Hall–Kier alpha value is -2.48. The van der Waals surface area contributed by atoms with Crippen LogP contribution in [-0.4, -0.2) is 41.8 Å². The molecule has 1 amide bonds. The van der Waals surface area contributed by atoms with Crippen LogP contribution in [0.1, 0.15) is 42.2 Å². The van der Waals surface area contributed by atoms with E-state index in [0.29, 0.717) is 18.2 Å². The third-order valence-corrected chi connectivity index (χ3v) is 6.07. The van der Waals surface area contributed by atoms with E-state index in [2.05, 4.69) is 40.5 Å². The van der Waals surface area contributed by atoms with Gasteiger partial charge < -0.3 is 10.6 Å². The smallest absolute Gasteiger partial charge is 0.271 e. The molecule has 1 aromatic carbocycles. The fourth-order valence-electron chi connectivity index (χ4n) is 2.93. The predicted octanol–water partition coefficient (Wildman–Crippen LogP) is 2.26. The molecular formula is C18H22N4O3S. The van der Waals surface area contributed by atoms with E-state index in [9.17, 15) is 13.2 Å². The molecule has 138 valence electrons. The van der Waals surface area contributed by atoms with Crippen LogP contribution in [0.3, 0.4) is 0 Å². The average molecular weight is 374 g/mol. The molecule has 1 atom stereocenters. The largest absolute Gasteiger partial charge is 0.347 e. The van der Waals surface area contributed by atoms with Gasteiger partial charge in [-0.2, -0.15) is 0 Å². The number of amides is 1. The second-order valence-corrected chi connectivity index (χ2v) is 8.96. The Balaban J connectivity index is 1.66. The third-order valence-electron chi connectivity index (χ3n) is 4.30. The molecule has 0 saturated carbocycles. The van der Waals surface area contributed by atoms with E-state index < -0.39 is 15.7 Å². The van der Waals surface area contributed by atoms with Crippen molar-refractivity contribution in [3.8, 4) is 0 Å². The highest BCUT2D eigenvalue weighted by Crippen LogP contribution is 2.25. The summed E-state index contributed by atoms with van der Waals surface area (Å²) in [5.41, 5.74) is 2.28. The molecule has 0 radical (unpaired) electrons. The van der Waals surface area contributed by atoms with Crippen molar-refractivity contribution in [2.75, 3.05) is 16.8 Å². The monoisotopic (exact) mass is 374 g/mol. The van der Waals surface area contributed by atoms with Crippen LogP contribution in [0.2, 0.25) is 0 Å². The van der Waals surface area contributed by atoms with Gasteiger partial charge in [0.15, 0.2) is 9.84 Å². The van der Waals surface area contributed by atoms with Crippen LogP contribution in [0.5, 0.6) is 0 Å². The Kier molecular flexibility index (Phi) is 5.22. The van der Waals surface area contributed by atoms with Crippen LogP contribution in [0.25, 0.3) is 0 Å². The van der Waals surface area contributed by atoms with Gasteiger partial charge in [0.05, 0.1) is 23.9 Å². The zero-order valence-electron chi connectivity index (χ0n) is 14.8. The van der Waals surface area contributed by atoms with Crippen LogP contribution in [-0.2, 0) is 9.84 Å². The summed E-state index contributed by atoms with van der Waals surface area (Å²) in [5, 5.41) is 5.92. The zero-order valence-corrected chi connectivity index (χ0v) is 15.6. The third kappa shape index (κ3) is 4.37. The van der Waals surface area contributed by atoms with Crippen molar-refractivity contribution in [3.63, 3.8) is 0 Å². The van der Waals surface area contributed by atoms with Crippen molar-refractivity contribution in [1.29, 1.82) is 0 Å². The van der Waals surface area contributed by atoms with Crippen molar-refractivity contribution in [1.82, 2.24) is 15.3 Å². The standard InChI is InChI=1S/C18H22N4O3S/c1-12(2)14-5-3-4-6-15(14)22-17-10-19-16(9-20-17)18(23)21-13-7-8-26(24,25)11-13/h3-6,9-10,12-13H,7-8,11H2,1-2H3,(H,20,22)(H,21,23). The molecule has 1 unspecified atom stereocenters. The summed E-state index contributed by atoms with van der Waals surface area (Å²) >= 11 is 0. The van der Waals surface area contributed by atoms with E-state index in [4.69, 9.17) is 0 Å². The molecule has 0 bridgehead atoms. The van der Waals surface area contributed by atoms with Crippen molar-refractivity contribution in [3.05, 3.63) is 47.9 Å². The first-order valence-corrected chi connectivity index (χ1v) is 10.4. The lowest BCUT2D eigenvalue weighted by molar-refractivity contribution is 0.0935. The number of rotatable bonds is 5. The first kappa shape index (κ1) is 18.3. The summed E-state index contributed by atoms with van der Waals surface area (Å²) in [6.07, 6.45) is 3.32. The van der Waals surface area contributed by atoms with E-state index in [1.807, 2.05) is 18.2 Å². The normalized spacial score (nSPS) is 18.7. The molecule has 26 heavy (non-hydrogen) atoms. The van der Waals surface area contributed by atoms with Crippen LogP contribution < -0.4 is 10.6 Å². The number of hydrogen-bond donors (Lipinski definition) is 2. The molecule has 1 aromatic heterocycles. The van der Waals surface area contributed by atoms with Crippen LogP contribution in [0.4, 0.5) is 11.5 Å². The maximum Gasteiger partial charge on any atom is 0.271 e. The highest BCUT2D eigenvalue weighted by Gasteiger charge is 2.29. The number of carbonyl (C=O) groups is 1. The van der Waals surface area contributed by atoms with E-state index in [1.54, 1.807) is 0 Å². The number of aromatic nitrogens is 2. The molecule has 1 aliphatic heterocycles. The van der Waals surface area contributed by atoms with Crippen molar-refractivity contribution >= 4 is 27.2 Å². The van der Waals surface area contributed by atoms with Crippen molar-refractivity contribution < 1.29 is 13.2 Å². The molecule has 3 rings (SSSR count). The summed E-state index contributed by atoms with van der Waals surface area (Å²) in [6, 6.07) is 7.60. The molecule has 2 N–H and O–H groups in total. The highest BCUT2D eigenvalue weighted by atomic mass is 32.2. The summed E-state index contributed by atoms with van der Waals surface area (Å²) < 4.78 is 22.9. The van der Waals surface area contributed by atoms with E-state index in [1.165, 1.54) is 18.0 Å².